The molecule has 0 saturated heterocycles. The molecule has 2 nitrogen and oxygen atoms in total. The van der Waals surface area contributed by atoms with E-state index < -0.39 is 0 Å². The van der Waals surface area contributed by atoms with Crippen molar-refractivity contribution in [3.8, 4) is 5.75 Å². The zero-order chi connectivity index (χ0) is 12.0. The predicted octanol–water partition coefficient (Wildman–Crippen LogP) is 3.28. The summed E-state index contributed by atoms with van der Waals surface area (Å²) in [6.45, 7) is 7.28. The minimum absolute atomic E-state index is 0.295. The molecular weight excluding hydrogens is 198 g/mol. The molecule has 1 unspecified atom stereocenters. The van der Waals surface area contributed by atoms with Gasteiger partial charge < -0.3 is 10.1 Å². The van der Waals surface area contributed by atoms with Crippen LogP contribution in [0, 0.1) is 6.92 Å². The molecule has 0 aliphatic carbocycles. The number of hydrogen-bond acceptors (Lipinski definition) is 2. The summed E-state index contributed by atoms with van der Waals surface area (Å²) in [5, 5.41) is 3.18. The van der Waals surface area contributed by atoms with Crippen molar-refractivity contribution in [1.29, 1.82) is 0 Å². The summed E-state index contributed by atoms with van der Waals surface area (Å²) in [7, 11) is 1.96. The van der Waals surface area contributed by atoms with Crippen molar-refractivity contribution < 1.29 is 4.74 Å². The van der Waals surface area contributed by atoms with Crippen LogP contribution in [0.4, 0.5) is 0 Å². The van der Waals surface area contributed by atoms with E-state index in [-0.39, 0.29) is 0 Å². The Balaban J connectivity index is 2.77. The molecule has 2 heteroatoms. The van der Waals surface area contributed by atoms with Crippen LogP contribution in [0.1, 0.15) is 37.8 Å². The highest BCUT2D eigenvalue weighted by Crippen LogP contribution is 2.22. The van der Waals surface area contributed by atoms with Gasteiger partial charge in [0.05, 0.1) is 6.10 Å². The lowest BCUT2D eigenvalue weighted by atomic mass is 10.1. The smallest absolute Gasteiger partial charge is 0.124 e. The first-order valence-corrected chi connectivity index (χ1v) is 6.08. The van der Waals surface area contributed by atoms with Crippen LogP contribution >= 0.6 is 0 Å². The molecule has 0 heterocycles. The molecule has 0 aromatic heterocycles. The van der Waals surface area contributed by atoms with Crippen LogP contribution in [0.15, 0.2) is 18.2 Å². The lowest BCUT2D eigenvalue weighted by Crippen LogP contribution is -2.14. The fourth-order valence-electron chi connectivity index (χ4n) is 1.83. The minimum atomic E-state index is 0.295. The van der Waals surface area contributed by atoms with E-state index in [0.29, 0.717) is 6.10 Å². The van der Waals surface area contributed by atoms with Gasteiger partial charge in [0.2, 0.25) is 0 Å². The first-order chi connectivity index (χ1) is 7.67. The molecule has 1 N–H and O–H groups in total. The molecule has 0 radical (unpaired) electrons. The monoisotopic (exact) mass is 221 g/mol. The molecule has 0 aliphatic rings. The first kappa shape index (κ1) is 13.0. The van der Waals surface area contributed by atoms with Crippen molar-refractivity contribution in [3.63, 3.8) is 0 Å². The van der Waals surface area contributed by atoms with Crippen LogP contribution in [-0.4, -0.2) is 13.2 Å². The number of rotatable bonds is 6. The second-order valence-corrected chi connectivity index (χ2v) is 4.36. The fourth-order valence-corrected chi connectivity index (χ4v) is 1.83. The maximum Gasteiger partial charge on any atom is 0.124 e. The Morgan fingerprint density at radius 2 is 2.12 bits per heavy atom. The molecule has 90 valence electrons. The van der Waals surface area contributed by atoms with E-state index in [4.69, 9.17) is 4.74 Å². The molecule has 0 spiro atoms. The molecule has 0 aliphatic heterocycles. The lowest BCUT2D eigenvalue weighted by Gasteiger charge is -2.17. The summed E-state index contributed by atoms with van der Waals surface area (Å²) < 4.78 is 5.95. The number of ether oxygens (including phenoxy) is 1. The number of benzene rings is 1. The van der Waals surface area contributed by atoms with Gasteiger partial charge in [0, 0.05) is 12.1 Å². The van der Waals surface area contributed by atoms with Crippen molar-refractivity contribution in [2.75, 3.05) is 7.05 Å². The molecule has 0 amide bonds. The van der Waals surface area contributed by atoms with Gasteiger partial charge in [-0.25, -0.2) is 0 Å². The normalized spacial score (nSPS) is 12.5. The van der Waals surface area contributed by atoms with Crippen LogP contribution in [-0.2, 0) is 6.54 Å². The van der Waals surface area contributed by atoms with Gasteiger partial charge in [-0.1, -0.05) is 31.0 Å². The van der Waals surface area contributed by atoms with E-state index >= 15 is 0 Å². The Kier molecular flexibility index (Phi) is 5.33. The van der Waals surface area contributed by atoms with Gasteiger partial charge in [0.25, 0.3) is 0 Å². The average Bonchev–Trinajstić information content (AvgIpc) is 2.23. The van der Waals surface area contributed by atoms with Crippen LogP contribution < -0.4 is 10.1 Å². The number of hydrogen-bond donors (Lipinski definition) is 1. The molecule has 0 fully saturated rings. The SMILES string of the molecule is CCCC(C)Oc1ccc(C)cc1CNC. The third-order valence-corrected chi connectivity index (χ3v) is 2.61. The van der Waals surface area contributed by atoms with Crippen LogP contribution in [0.3, 0.4) is 0 Å². The van der Waals surface area contributed by atoms with E-state index in [1.165, 1.54) is 11.1 Å². The summed E-state index contributed by atoms with van der Waals surface area (Å²) in [6, 6.07) is 6.37. The summed E-state index contributed by atoms with van der Waals surface area (Å²) >= 11 is 0. The Bertz CT molecular complexity index is 323. The molecule has 1 aromatic carbocycles. The van der Waals surface area contributed by atoms with Crippen molar-refractivity contribution in [3.05, 3.63) is 29.3 Å². The number of nitrogens with one attached hydrogen (secondary N) is 1. The Morgan fingerprint density at radius 1 is 1.38 bits per heavy atom. The van der Waals surface area contributed by atoms with Crippen LogP contribution in [0.2, 0.25) is 0 Å². The van der Waals surface area contributed by atoms with Crippen LogP contribution in [0.25, 0.3) is 0 Å². The van der Waals surface area contributed by atoms with Gasteiger partial charge in [-0.15, -0.1) is 0 Å². The van der Waals surface area contributed by atoms with E-state index in [1.807, 2.05) is 7.05 Å². The highest BCUT2D eigenvalue weighted by Gasteiger charge is 2.07. The summed E-state index contributed by atoms with van der Waals surface area (Å²) in [6.07, 6.45) is 2.56. The van der Waals surface area contributed by atoms with Crippen LogP contribution in [0.5, 0.6) is 5.75 Å². The quantitative estimate of drug-likeness (QED) is 0.796. The molecular formula is C14H23NO. The van der Waals surface area contributed by atoms with Crippen molar-refractivity contribution in [2.45, 2.75) is 46.3 Å². The molecule has 1 aromatic rings. The fraction of sp³-hybridized carbons (Fsp3) is 0.571. The molecule has 1 rings (SSSR count). The first-order valence-electron chi connectivity index (χ1n) is 6.08. The van der Waals surface area contributed by atoms with E-state index in [2.05, 4.69) is 44.3 Å². The summed E-state index contributed by atoms with van der Waals surface area (Å²) in [5.41, 5.74) is 2.52. The highest BCUT2D eigenvalue weighted by molar-refractivity contribution is 5.37. The van der Waals surface area contributed by atoms with Gasteiger partial charge in [0.15, 0.2) is 0 Å². The van der Waals surface area contributed by atoms with Gasteiger partial charge in [-0.3, -0.25) is 0 Å². The maximum atomic E-state index is 5.95. The van der Waals surface area contributed by atoms with Gasteiger partial charge in [0.1, 0.15) is 5.75 Å². The largest absolute Gasteiger partial charge is 0.490 e. The topological polar surface area (TPSA) is 21.3 Å². The standard InChI is InChI=1S/C14H23NO/c1-5-6-12(3)16-14-8-7-11(2)9-13(14)10-15-4/h7-9,12,15H,5-6,10H2,1-4H3. The Morgan fingerprint density at radius 3 is 2.75 bits per heavy atom. The predicted molar refractivity (Wildman–Crippen MR) is 68.9 cm³/mol. The molecule has 0 bridgehead atoms. The molecule has 0 saturated carbocycles. The van der Waals surface area contributed by atoms with Gasteiger partial charge in [-0.2, -0.15) is 0 Å². The highest BCUT2D eigenvalue weighted by atomic mass is 16.5. The van der Waals surface area contributed by atoms with Gasteiger partial charge in [-0.05, 0) is 33.4 Å². The van der Waals surface area contributed by atoms with Crippen molar-refractivity contribution in [2.24, 2.45) is 0 Å². The maximum absolute atomic E-state index is 5.95. The van der Waals surface area contributed by atoms with Crippen molar-refractivity contribution >= 4 is 0 Å². The zero-order valence-corrected chi connectivity index (χ0v) is 10.8. The third-order valence-electron chi connectivity index (χ3n) is 2.61. The Labute approximate surface area is 99.0 Å². The summed E-state index contributed by atoms with van der Waals surface area (Å²) in [4.78, 5) is 0. The number of aryl methyl sites for hydroxylation is 1. The second-order valence-electron chi connectivity index (χ2n) is 4.36. The summed E-state index contributed by atoms with van der Waals surface area (Å²) in [5.74, 6) is 1.01. The van der Waals surface area contributed by atoms with E-state index in [0.717, 1.165) is 25.1 Å². The average molecular weight is 221 g/mol. The second kappa shape index (κ2) is 6.54. The minimum Gasteiger partial charge on any atom is -0.490 e. The van der Waals surface area contributed by atoms with Gasteiger partial charge >= 0.3 is 0 Å². The van der Waals surface area contributed by atoms with Crippen molar-refractivity contribution in [1.82, 2.24) is 5.32 Å². The van der Waals surface area contributed by atoms with E-state index in [9.17, 15) is 0 Å². The Hall–Kier alpha value is -1.02. The molecule has 16 heavy (non-hydrogen) atoms. The lowest BCUT2D eigenvalue weighted by molar-refractivity contribution is 0.207. The zero-order valence-electron chi connectivity index (χ0n) is 10.8. The van der Waals surface area contributed by atoms with E-state index in [1.54, 1.807) is 0 Å². The third kappa shape index (κ3) is 3.86. The molecule has 1 atom stereocenters.